The predicted octanol–water partition coefficient (Wildman–Crippen LogP) is 6.69. The van der Waals surface area contributed by atoms with Crippen molar-refractivity contribution in [2.45, 2.75) is 135 Å². The van der Waals surface area contributed by atoms with Gasteiger partial charge in [-0.25, -0.2) is 16.8 Å². The molecule has 0 bridgehead atoms. The molecule has 41 heavy (non-hydrogen) atoms. The molecule has 0 saturated heterocycles. The van der Waals surface area contributed by atoms with E-state index in [0.29, 0.717) is 25.7 Å². The van der Waals surface area contributed by atoms with Gasteiger partial charge in [0.2, 0.25) is 5.51 Å². The molecule has 1 aromatic rings. The number of sulfone groups is 1. The SMILES string of the molecule is CCCCCCCCCCCCCCCCCCOCC(CCS(=O)(=O)CCC[n+]1ccsc1)OC.CS(=O)(=O)[O-]. The molecule has 0 spiro atoms. The van der Waals surface area contributed by atoms with Gasteiger partial charge in [0.15, 0.2) is 16.0 Å². The summed E-state index contributed by atoms with van der Waals surface area (Å²) in [6.45, 7) is 4.25. The maximum atomic E-state index is 12.3. The van der Waals surface area contributed by atoms with Crippen LogP contribution in [0.1, 0.15) is 122 Å². The van der Waals surface area contributed by atoms with Gasteiger partial charge in [0.1, 0.15) is 6.54 Å². The Balaban J connectivity index is 0.00000292. The fourth-order valence-corrected chi connectivity index (χ4v) is 6.53. The fourth-order valence-electron chi connectivity index (χ4n) is 4.51. The van der Waals surface area contributed by atoms with Gasteiger partial charge in [-0.2, -0.15) is 4.57 Å². The molecule has 0 radical (unpaired) electrons. The lowest BCUT2D eigenvalue weighted by Gasteiger charge is -2.15. The molecule has 1 atom stereocenters. The second kappa shape index (κ2) is 27.0. The Morgan fingerprint density at radius 3 is 1.71 bits per heavy atom. The monoisotopic (exact) mass is 641 g/mol. The van der Waals surface area contributed by atoms with Crippen molar-refractivity contribution < 1.29 is 35.4 Å². The number of nitrogens with zero attached hydrogens (tertiary/aromatic N) is 1. The highest BCUT2D eigenvalue weighted by Crippen LogP contribution is 2.14. The van der Waals surface area contributed by atoms with E-state index in [0.717, 1.165) is 19.6 Å². The molecule has 1 unspecified atom stereocenters. The minimum Gasteiger partial charge on any atom is -0.748 e. The van der Waals surface area contributed by atoms with Crippen LogP contribution in [0.2, 0.25) is 0 Å². The van der Waals surface area contributed by atoms with Crippen LogP contribution in [0.5, 0.6) is 0 Å². The van der Waals surface area contributed by atoms with E-state index in [4.69, 9.17) is 22.4 Å². The molecular weight excluding hydrogens is 583 g/mol. The smallest absolute Gasteiger partial charge is 0.224 e. The Labute approximate surface area is 256 Å². The van der Waals surface area contributed by atoms with Crippen molar-refractivity contribution in [3.8, 4) is 0 Å². The maximum Gasteiger partial charge on any atom is 0.224 e. The number of aromatic nitrogens is 1. The number of methoxy groups -OCH3 is 1. The van der Waals surface area contributed by atoms with E-state index >= 15 is 0 Å². The molecule has 11 heteroatoms. The lowest BCUT2D eigenvalue weighted by molar-refractivity contribution is -0.692. The number of ether oxygens (including phenoxy) is 2. The van der Waals surface area contributed by atoms with Crippen LogP contribution in [0, 0.1) is 0 Å². The van der Waals surface area contributed by atoms with Crippen molar-refractivity contribution in [3.05, 3.63) is 17.1 Å². The zero-order chi connectivity index (χ0) is 30.7. The first kappa shape index (κ1) is 40.4. The third-order valence-corrected chi connectivity index (χ3v) is 9.37. The first-order valence-corrected chi connectivity index (χ1v) is 20.3. The maximum absolute atomic E-state index is 12.3. The molecular formula is C30H59NO7S3. The molecule has 0 aromatic carbocycles. The molecule has 0 aliphatic rings. The summed E-state index contributed by atoms with van der Waals surface area (Å²) in [5.41, 5.74) is 2.00. The summed E-state index contributed by atoms with van der Waals surface area (Å²) in [6, 6.07) is 0. The largest absolute Gasteiger partial charge is 0.748 e. The highest BCUT2D eigenvalue weighted by molar-refractivity contribution is 7.91. The van der Waals surface area contributed by atoms with Crippen LogP contribution in [0.4, 0.5) is 0 Å². The number of thiazole rings is 1. The first-order chi connectivity index (χ1) is 19.6. The van der Waals surface area contributed by atoms with Gasteiger partial charge in [0, 0.05) is 26.4 Å². The van der Waals surface area contributed by atoms with E-state index in [1.54, 1.807) is 18.4 Å². The molecule has 0 aliphatic heterocycles. The normalized spacial score (nSPS) is 12.7. The average Bonchev–Trinajstić information content (AvgIpc) is 3.42. The van der Waals surface area contributed by atoms with Crippen molar-refractivity contribution in [2.75, 3.05) is 38.1 Å². The standard InChI is InChI=1S/C29H56NO4S2.CH4O3S/c1-3-4-5-6-7-8-9-10-11-12-13-14-15-16-17-18-23-34-27-29(33-2)20-26-36(31,32)25-19-21-30-22-24-35-28-30;1-5(2,3)4/h22,24,28-29H,3-21,23,25-27H2,1-2H3;1H3,(H,2,3,4)/q+1;/p-1. The second-order valence-corrected chi connectivity index (χ2v) is 15.5. The van der Waals surface area contributed by atoms with Gasteiger partial charge in [-0.05, 0) is 12.8 Å². The lowest BCUT2D eigenvalue weighted by atomic mass is 10.0. The highest BCUT2D eigenvalue weighted by atomic mass is 32.2. The quantitative estimate of drug-likeness (QED) is 0.0598. The van der Waals surface area contributed by atoms with Crippen molar-refractivity contribution in [1.29, 1.82) is 0 Å². The predicted molar refractivity (Wildman–Crippen MR) is 169 cm³/mol. The minimum atomic E-state index is -3.92. The Morgan fingerprint density at radius 2 is 1.27 bits per heavy atom. The Morgan fingerprint density at radius 1 is 0.780 bits per heavy atom. The first-order valence-electron chi connectivity index (χ1n) is 15.7. The molecule has 1 aromatic heterocycles. The van der Waals surface area contributed by atoms with Gasteiger partial charge < -0.3 is 14.0 Å². The van der Waals surface area contributed by atoms with E-state index in [2.05, 4.69) is 6.92 Å². The number of unbranched alkanes of at least 4 members (excludes halogenated alkanes) is 15. The third-order valence-electron chi connectivity index (χ3n) is 6.93. The van der Waals surface area contributed by atoms with Gasteiger partial charge >= 0.3 is 0 Å². The fraction of sp³-hybridized carbons (Fsp3) is 0.900. The zero-order valence-corrected chi connectivity index (χ0v) is 28.6. The molecule has 0 N–H and O–H groups in total. The topological polar surface area (TPSA) is 114 Å². The summed E-state index contributed by atoms with van der Waals surface area (Å²) in [5, 5.41) is 2.00. The van der Waals surface area contributed by atoms with E-state index in [9.17, 15) is 8.42 Å². The Bertz CT molecular complexity index is 883. The Kier molecular flexibility index (Phi) is 26.6. The Hall–Kier alpha value is -0.590. The minimum absolute atomic E-state index is 0.146. The van der Waals surface area contributed by atoms with Crippen LogP contribution in [-0.2, 0) is 36.0 Å². The number of aryl methyl sites for hydroxylation is 1. The molecule has 0 amide bonds. The molecule has 244 valence electrons. The number of rotatable bonds is 27. The van der Waals surface area contributed by atoms with Crippen LogP contribution >= 0.6 is 11.3 Å². The summed E-state index contributed by atoms with van der Waals surface area (Å²) >= 11 is 1.62. The van der Waals surface area contributed by atoms with E-state index in [-0.39, 0.29) is 17.6 Å². The van der Waals surface area contributed by atoms with E-state index in [1.807, 2.05) is 21.7 Å². The van der Waals surface area contributed by atoms with Gasteiger partial charge in [0.05, 0.1) is 39.7 Å². The summed E-state index contributed by atoms with van der Waals surface area (Å²) in [6.07, 6.45) is 25.4. The van der Waals surface area contributed by atoms with Gasteiger partial charge in [-0.3, -0.25) is 0 Å². The van der Waals surface area contributed by atoms with E-state index < -0.39 is 20.0 Å². The third kappa shape index (κ3) is 32.2. The molecule has 0 fully saturated rings. The van der Waals surface area contributed by atoms with Crippen LogP contribution in [0.25, 0.3) is 0 Å². The molecule has 0 saturated carbocycles. The van der Waals surface area contributed by atoms with Gasteiger partial charge in [0.25, 0.3) is 0 Å². The highest BCUT2D eigenvalue weighted by Gasteiger charge is 2.16. The lowest BCUT2D eigenvalue weighted by Crippen LogP contribution is -2.31. The molecule has 0 aliphatic carbocycles. The van der Waals surface area contributed by atoms with Crippen molar-refractivity contribution in [3.63, 3.8) is 0 Å². The molecule has 8 nitrogen and oxygen atoms in total. The van der Waals surface area contributed by atoms with Crippen LogP contribution < -0.4 is 4.57 Å². The number of hydrogen-bond acceptors (Lipinski definition) is 8. The molecule has 1 rings (SSSR count). The van der Waals surface area contributed by atoms with Crippen molar-refractivity contribution in [2.24, 2.45) is 0 Å². The second-order valence-electron chi connectivity index (χ2n) is 11.0. The van der Waals surface area contributed by atoms with Gasteiger partial charge in [-0.15, -0.1) is 0 Å². The van der Waals surface area contributed by atoms with Crippen molar-refractivity contribution in [1.82, 2.24) is 0 Å². The average molecular weight is 642 g/mol. The number of hydrogen-bond donors (Lipinski definition) is 0. The summed E-state index contributed by atoms with van der Waals surface area (Å²) in [4.78, 5) is 0. The van der Waals surface area contributed by atoms with Crippen molar-refractivity contribution >= 4 is 31.3 Å². The summed E-state index contributed by atoms with van der Waals surface area (Å²) in [5.74, 6) is 0.397. The van der Waals surface area contributed by atoms with Crippen LogP contribution in [0.3, 0.4) is 0 Å². The van der Waals surface area contributed by atoms with E-state index in [1.165, 1.54) is 96.3 Å². The molecule has 1 heterocycles. The van der Waals surface area contributed by atoms with Crippen LogP contribution in [-0.4, -0.2) is 65.6 Å². The summed E-state index contributed by atoms with van der Waals surface area (Å²) < 4.78 is 65.1. The van der Waals surface area contributed by atoms with Crippen LogP contribution in [0.15, 0.2) is 17.1 Å². The van der Waals surface area contributed by atoms with Gasteiger partial charge in [-0.1, -0.05) is 115 Å². The summed E-state index contributed by atoms with van der Waals surface area (Å²) in [7, 11) is -5.32. The zero-order valence-electron chi connectivity index (χ0n) is 26.1.